The Morgan fingerprint density at radius 1 is 0.444 bits per heavy atom. The molecule has 33 heteroatoms. The van der Waals surface area contributed by atoms with Gasteiger partial charge in [0.25, 0.3) is 5.91 Å². The molecule has 592 valence electrons. The number of piperidine rings is 3. The SMILES string of the molecule is CC(=O)c1c(C2C[C@H]3CC[C@@H](C2)N3)nc2c(-c3ccc(-c4ccccc4)nc3)cnn2c1N.Cc1[nH]nc2c1c(C1C[C@H]3CC[C@@H](C1)N3)nc1c(-c3ccc(-c4ccccc4)nc3)cnn12.Cc1[nH]nc2c1c(C1C[C@H]3CC[C@@H](C1)N3C(=O)c1ncn[nH]1)nc1c(-c3ccc(-c4ccccc4)nc3)cnn12.N=N.O.O=C(O)c1ncn[nH]1.[HH]. The highest BCUT2D eigenvalue weighted by Gasteiger charge is 2.46. The molecule has 22 rings (SSSR count). The lowest BCUT2D eigenvalue weighted by Gasteiger charge is -2.38. The molecule has 6 bridgehead atoms. The number of hydrogen-bond donors (Lipinski definition) is 10. The van der Waals surface area contributed by atoms with E-state index in [1.165, 1.54) is 32.0 Å². The number of hydrogen-bond acceptors (Lipinski definition) is 23. The average molecular weight is 1570 g/mol. The number of nitrogen functional groups attached to an aromatic ring is 1. The van der Waals surface area contributed by atoms with Gasteiger partial charge in [-0.25, -0.2) is 40.8 Å². The fourth-order valence-electron chi connectivity index (χ4n) is 18.2. The lowest BCUT2D eigenvalue weighted by molar-refractivity contribution is 0.0557. The average Bonchev–Trinajstić information content (AvgIpc) is 1.58. The number of carbonyl (C=O) groups excluding carboxylic acids is 2. The summed E-state index contributed by atoms with van der Waals surface area (Å²) in [6.45, 7) is 5.67. The highest BCUT2D eigenvalue weighted by Crippen LogP contribution is 2.47. The highest BCUT2D eigenvalue weighted by atomic mass is 16.4. The number of nitrogens with one attached hydrogen (secondary N) is 8. The summed E-state index contributed by atoms with van der Waals surface area (Å²) in [7, 11) is 0. The van der Waals surface area contributed by atoms with E-state index in [1.807, 2.05) is 137 Å². The number of aromatic nitrogens is 22. The third-order valence-corrected chi connectivity index (χ3v) is 23.5. The minimum Gasteiger partial charge on any atom is -0.475 e. The lowest BCUT2D eigenvalue weighted by Crippen LogP contribution is -2.46. The van der Waals surface area contributed by atoms with Crippen LogP contribution < -0.4 is 16.4 Å². The standard InChI is InChI=1S/C29H26N10O.C26H25N7.C26H26N6O.C3H3N3O2.H2N2.H2O.H2/c1-16-24-25(19-11-20-8-9-21(12-19)38(20)29(40)26-31-15-32-36-26)34-27-22(14-33-39(27)28(24)37-35-16)18-7-10-23(30-13-18)17-5-3-2-4-6-17;1-15-23-24(18-11-19-8-9-20(12-18)29-19)30-25-21(14-28-33(25)26(23)32-31-15)17-7-10-22(27-13-17)16-5-3-2-4-6-16;1-15(33)23-24(18-11-19-8-9-20(12-18)30-19)31-26-21(14-29-32(26)25(23)27)17-7-10-22(28-13-17)16-5-3-2-4-6-16;7-3(8)2-4-1-5-6-2;1-2;;/h2-7,10,13-15,19-21H,8-9,11-12H2,1H3,(H,35,37)(H,31,32,36);2-7,10,13-14,18-20,29H,8-9,11-12H2,1H3,(H,31,32);2-7,10,13-14,18-20,30H,8-9,11-12,27H2,1H3;1H,(H,7,8)(H,4,5,6);1-2H;1H2;1H/t19?,20-,21+;2*18?,19-,20+;;;;. The van der Waals surface area contributed by atoms with Crippen LogP contribution in [0, 0.1) is 24.9 Å². The molecule has 0 radical (unpaired) electrons. The third kappa shape index (κ3) is 14.4. The molecule has 16 aromatic rings. The summed E-state index contributed by atoms with van der Waals surface area (Å²) >= 11 is 0. The van der Waals surface area contributed by atoms with Gasteiger partial charge in [0, 0.05) is 135 Å². The van der Waals surface area contributed by atoms with E-state index in [-0.39, 0.29) is 48.3 Å². The molecule has 6 saturated heterocycles. The molecule has 0 aliphatic carbocycles. The number of nitrogens with zero attached hydrogens (tertiary/aromatic N) is 19. The van der Waals surface area contributed by atoms with Crippen LogP contribution in [-0.4, -0.2) is 179 Å². The molecular weight excluding hydrogens is 1480 g/mol. The van der Waals surface area contributed by atoms with Gasteiger partial charge in [-0.05, 0) is 116 Å². The number of ketones is 1. The lowest BCUT2D eigenvalue weighted by atomic mass is 9.86. The van der Waals surface area contributed by atoms with E-state index in [0.29, 0.717) is 52.9 Å². The van der Waals surface area contributed by atoms with Crippen molar-refractivity contribution in [2.24, 2.45) is 0 Å². The van der Waals surface area contributed by atoms with Gasteiger partial charge < -0.3 is 31.8 Å². The molecular formula is C84H86N28O5. The van der Waals surface area contributed by atoms with Crippen LogP contribution in [0.3, 0.4) is 0 Å². The summed E-state index contributed by atoms with van der Waals surface area (Å²) in [6, 6.07) is 45.3. The maximum atomic E-state index is 13.2. The molecule has 0 spiro atoms. The number of carbonyl (C=O) groups is 3. The maximum absolute atomic E-state index is 13.2. The Kier molecular flexibility index (Phi) is 20.8. The number of nitrogens with two attached hydrogens (primary N) is 1. The Labute approximate surface area is 669 Å². The number of amides is 1. The zero-order valence-corrected chi connectivity index (χ0v) is 64.2. The summed E-state index contributed by atoms with van der Waals surface area (Å²) in [5.41, 5.74) is 37.7. The fourth-order valence-corrected chi connectivity index (χ4v) is 18.2. The van der Waals surface area contributed by atoms with Crippen LogP contribution in [0.15, 0.2) is 177 Å². The van der Waals surface area contributed by atoms with Crippen molar-refractivity contribution in [1.29, 1.82) is 11.1 Å². The van der Waals surface area contributed by atoms with Crippen molar-refractivity contribution < 1.29 is 26.4 Å². The number of pyridine rings is 3. The molecule has 6 aliphatic heterocycles. The van der Waals surface area contributed by atoms with E-state index in [4.69, 9.17) is 46.8 Å². The van der Waals surface area contributed by atoms with Gasteiger partial charge in [0.15, 0.2) is 34.0 Å². The van der Waals surface area contributed by atoms with Crippen molar-refractivity contribution in [1.82, 2.24) is 125 Å². The van der Waals surface area contributed by atoms with Gasteiger partial charge in [-0.15, -0.1) is 0 Å². The number of benzene rings is 3. The number of aromatic amines is 4. The van der Waals surface area contributed by atoms with Crippen molar-refractivity contribution in [3.8, 4) is 67.2 Å². The van der Waals surface area contributed by atoms with E-state index >= 15 is 0 Å². The van der Waals surface area contributed by atoms with Gasteiger partial charge in [0.05, 0.1) is 69.1 Å². The number of aryl methyl sites for hydroxylation is 2. The number of fused-ring (bicyclic) bond motifs is 13. The Morgan fingerprint density at radius 3 is 1.19 bits per heavy atom. The van der Waals surface area contributed by atoms with Crippen LogP contribution in [0.2, 0.25) is 0 Å². The molecule has 0 saturated carbocycles. The Bertz CT molecular complexity index is 6220. The Morgan fingerprint density at radius 2 is 0.821 bits per heavy atom. The quantitative estimate of drug-likeness (QED) is 0.0401. The molecule has 117 heavy (non-hydrogen) atoms. The van der Waals surface area contributed by atoms with Crippen molar-refractivity contribution in [3.05, 3.63) is 223 Å². The van der Waals surface area contributed by atoms with Crippen LogP contribution in [0.5, 0.6) is 0 Å². The van der Waals surface area contributed by atoms with Crippen LogP contribution in [0.25, 0.3) is 106 Å². The Hall–Kier alpha value is -13.9. The largest absolute Gasteiger partial charge is 0.475 e. The summed E-state index contributed by atoms with van der Waals surface area (Å²) in [5, 5.41) is 59.3. The molecule has 13 aromatic heterocycles. The first-order valence-corrected chi connectivity index (χ1v) is 39.0. The number of carboxylic acids is 1. The van der Waals surface area contributed by atoms with Crippen LogP contribution in [0.4, 0.5) is 5.82 Å². The molecule has 19 heterocycles. The van der Waals surface area contributed by atoms with Gasteiger partial charge in [-0.2, -0.15) is 49.2 Å². The summed E-state index contributed by atoms with van der Waals surface area (Å²) < 4.78 is 5.29. The number of H-pyrrole nitrogens is 4. The first-order valence-electron chi connectivity index (χ1n) is 39.0. The second kappa shape index (κ2) is 32.2. The van der Waals surface area contributed by atoms with Crippen molar-refractivity contribution in [3.63, 3.8) is 0 Å². The summed E-state index contributed by atoms with van der Waals surface area (Å²) in [5.74, 6) is 0.168. The fraction of sp³-hybridized carbons (Fsp3) is 0.286. The smallest absolute Gasteiger partial charge is 0.373 e. The Balaban J connectivity index is 0.000000124. The molecule has 3 aromatic carbocycles. The van der Waals surface area contributed by atoms with E-state index in [1.54, 1.807) is 17.6 Å². The van der Waals surface area contributed by atoms with Gasteiger partial charge in [-0.1, -0.05) is 109 Å². The van der Waals surface area contributed by atoms with E-state index in [9.17, 15) is 14.4 Å². The van der Waals surface area contributed by atoms with Crippen molar-refractivity contribution in [2.45, 2.75) is 152 Å². The highest BCUT2D eigenvalue weighted by molar-refractivity contribution is 6.01. The topological polar surface area (TPSA) is 474 Å². The number of aromatic carboxylic acids is 1. The van der Waals surface area contributed by atoms with Crippen LogP contribution >= 0.6 is 0 Å². The van der Waals surface area contributed by atoms with Gasteiger partial charge in [0.2, 0.25) is 11.6 Å². The summed E-state index contributed by atoms with van der Waals surface area (Å²) in [6.07, 6.45) is 26.5. The maximum Gasteiger partial charge on any atom is 0.373 e. The first kappa shape index (κ1) is 75.7. The molecule has 33 nitrogen and oxygen atoms in total. The predicted octanol–water partition coefficient (Wildman–Crippen LogP) is 12.7. The minimum atomic E-state index is -1.09. The monoisotopic (exact) mass is 1570 g/mol. The first-order chi connectivity index (χ1) is 56.8. The predicted molar refractivity (Wildman–Crippen MR) is 438 cm³/mol. The zero-order valence-electron chi connectivity index (χ0n) is 64.2. The number of rotatable bonds is 12. The van der Waals surface area contributed by atoms with E-state index < -0.39 is 5.97 Å². The van der Waals surface area contributed by atoms with Crippen molar-refractivity contribution >= 4 is 62.5 Å². The second-order valence-electron chi connectivity index (χ2n) is 30.5. The number of carboxylic acid groups (broad SMARTS) is 1. The molecule has 13 N–H and O–H groups in total. The van der Waals surface area contributed by atoms with E-state index in [0.717, 1.165) is 187 Å². The summed E-state index contributed by atoms with van der Waals surface area (Å²) in [4.78, 5) is 74.9. The van der Waals surface area contributed by atoms with Crippen LogP contribution in [0.1, 0.15) is 163 Å². The van der Waals surface area contributed by atoms with Crippen LogP contribution in [-0.2, 0) is 0 Å². The zero-order chi connectivity index (χ0) is 79.2. The third-order valence-electron chi connectivity index (χ3n) is 23.5. The normalized spacial score (nSPS) is 20.2. The molecule has 6 fully saturated rings. The number of Topliss-reactive ketones (excluding diaryl/α,β-unsaturated/α-hetero) is 1. The van der Waals surface area contributed by atoms with Crippen molar-refractivity contribution in [2.75, 3.05) is 5.73 Å². The van der Waals surface area contributed by atoms with Gasteiger partial charge in [0.1, 0.15) is 18.5 Å². The van der Waals surface area contributed by atoms with E-state index in [2.05, 4.69) is 131 Å². The number of anilines is 1. The molecule has 3 unspecified atom stereocenters. The molecule has 6 aliphatic rings. The van der Waals surface area contributed by atoms with Gasteiger partial charge >= 0.3 is 5.97 Å². The van der Waals surface area contributed by atoms with Gasteiger partial charge in [-0.3, -0.25) is 44.9 Å². The minimum absolute atomic E-state index is 0. The molecule has 1 amide bonds. The second-order valence-corrected chi connectivity index (χ2v) is 30.5. The molecule has 9 atom stereocenters.